The molecule has 0 aliphatic rings. The summed E-state index contributed by atoms with van der Waals surface area (Å²) in [4.78, 5) is 8.41. The van der Waals surface area contributed by atoms with Gasteiger partial charge in [0.2, 0.25) is 0 Å². The van der Waals surface area contributed by atoms with Crippen molar-refractivity contribution in [3.8, 4) is 5.75 Å². The van der Waals surface area contributed by atoms with Crippen molar-refractivity contribution in [3.05, 3.63) is 71.4 Å². The van der Waals surface area contributed by atoms with Crippen molar-refractivity contribution in [2.24, 2.45) is 0 Å². The summed E-state index contributed by atoms with van der Waals surface area (Å²) < 4.78 is 65.6. The van der Waals surface area contributed by atoms with E-state index in [1.807, 2.05) is 0 Å². The molecule has 11 heteroatoms. The van der Waals surface area contributed by atoms with Crippen molar-refractivity contribution in [2.45, 2.75) is 37.9 Å². The zero-order valence-corrected chi connectivity index (χ0v) is 18.3. The molecule has 172 valence electrons. The highest BCUT2D eigenvalue weighted by atomic mass is 32.2. The highest BCUT2D eigenvalue weighted by molar-refractivity contribution is 7.87. The fraction of sp³-hybridized carbons (Fsp3) is 0.333. The predicted molar refractivity (Wildman–Crippen MR) is 111 cm³/mol. The second-order valence-corrected chi connectivity index (χ2v) is 8.70. The summed E-state index contributed by atoms with van der Waals surface area (Å²) in [6, 6.07) is 5.61. The largest absolute Gasteiger partial charge is 0.394 e. The fourth-order valence-electron chi connectivity index (χ4n) is 3.06. The van der Waals surface area contributed by atoms with E-state index in [0.717, 1.165) is 17.7 Å². The quantitative estimate of drug-likeness (QED) is 0.361. The number of halogens is 2. The van der Waals surface area contributed by atoms with E-state index < -0.39 is 27.5 Å². The van der Waals surface area contributed by atoms with Gasteiger partial charge in [0, 0.05) is 30.6 Å². The molecule has 0 radical (unpaired) electrons. The van der Waals surface area contributed by atoms with E-state index in [0.29, 0.717) is 11.9 Å². The van der Waals surface area contributed by atoms with Crippen molar-refractivity contribution < 1.29 is 31.2 Å². The normalized spacial score (nSPS) is 11.8. The highest BCUT2D eigenvalue weighted by Crippen LogP contribution is 2.29. The molecule has 0 aliphatic carbocycles. The van der Waals surface area contributed by atoms with Crippen molar-refractivity contribution in [1.82, 2.24) is 14.5 Å². The summed E-state index contributed by atoms with van der Waals surface area (Å²) in [6.45, 7) is 3.41. The minimum Gasteiger partial charge on any atom is -0.394 e. The third kappa shape index (κ3) is 5.67. The van der Waals surface area contributed by atoms with Gasteiger partial charge in [-0.05, 0) is 23.6 Å². The second kappa shape index (κ2) is 10.2. The third-order valence-corrected chi connectivity index (χ3v) is 5.72. The molecule has 0 bridgehead atoms. The lowest BCUT2D eigenvalue weighted by molar-refractivity contribution is 0.0758. The van der Waals surface area contributed by atoms with Crippen LogP contribution in [0.1, 0.15) is 36.8 Å². The number of nitrogens with zero attached hydrogens (tertiary/aromatic N) is 3. The minimum atomic E-state index is -4.54. The van der Waals surface area contributed by atoms with Gasteiger partial charge < -0.3 is 18.6 Å². The molecule has 2 aromatic heterocycles. The number of imidazole rings is 1. The molecule has 3 aromatic rings. The molecule has 2 heterocycles. The number of benzene rings is 1. The number of hydrogen-bond donors (Lipinski definition) is 1. The molecule has 8 nitrogen and oxygen atoms in total. The van der Waals surface area contributed by atoms with Crippen LogP contribution in [0.2, 0.25) is 0 Å². The van der Waals surface area contributed by atoms with Crippen LogP contribution in [0.25, 0.3) is 0 Å². The molecular weight excluding hydrogens is 444 g/mol. The summed E-state index contributed by atoms with van der Waals surface area (Å²) in [5.74, 6) is -2.45. The Hall–Kier alpha value is -2.89. The summed E-state index contributed by atoms with van der Waals surface area (Å²) >= 11 is 0. The fourth-order valence-corrected chi connectivity index (χ4v) is 4.46. The van der Waals surface area contributed by atoms with Gasteiger partial charge in [-0.25, -0.2) is 13.8 Å². The van der Waals surface area contributed by atoms with Crippen LogP contribution in [-0.2, 0) is 28.0 Å². The Morgan fingerprint density at radius 2 is 1.78 bits per heavy atom. The minimum absolute atomic E-state index is 0.0419. The van der Waals surface area contributed by atoms with Crippen LogP contribution in [0.3, 0.4) is 0 Å². The molecular formula is C21H23F2N3O5S. The van der Waals surface area contributed by atoms with Crippen LogP contribution in [0.15, 0.2) is 47.8 Å². The van der Waals surface area contributed by atoms with Crippen LogP contribution < -0.4 is 4.18 Å². The average Bonchev–Trinajstić information content (AvgIpc) is 3.07. The molecule has 1 N–H and O–H groups in total. The number of rotatable bonds is 10. The standard InChI is InChI=1S/C21H23F2N3O5S/c1-14(2)20-21(32(28,29)31-18-10-16(22)9-17(23)11-18)26(12-15-3-5-24-6-4-15)19(25-20)13-30-8-7-27/h3-6,9-11,14,27H,7-8,12-13H2,1-2H3. The zero-order valence-electron chi connectivity index (χ0n) is 17.5. The van der Waals surface area contributed by atoms with E-state index in [1.165, 1.54) is 4.57 Å². The topological polar surface area (TPSA) is 104 Å². The number of aromatic nitrogens is 3. The van der Waals surface area contributed by atoms with Crippen molar-refractivity contribution in [3.63, 3.8) is 0 Å². The first-order valence-electron chi connectivity index (χ1n) is 9.78. The second-order valence-electron chi connectivity index (χ2n) is 7.23. The van der Waals surface area contributed by atoms with Crippen LogP contribution >= 0.6 is 0 Å². The van der Waals surface area contributed by atoms with Gasteiger partial charge in [-0.3, -0.25) is 4.98 Å². The lowest BCUT2D eigenvalue weighted by Gasteiger charge is -2.15. The van der Waals surface area contributed by atoms with Gasteiger partial charge in [0.25, 0.3) is 0 Å². The van der Waals surface area contributed by atoms with E-state index in [4.69, 9.17) is 14.0 Å². The summed E-state index contributed by atoms with van der Waals surface area (Å²) in [7, 11) is -4.54. The first-order valence-corrected chi connectivity index (χ1v) is 11.2. The van der Waals surface area contributed by atoms with Crippen molar-refractivity contribution in [2.75, 3.05) is 13.2 Å². The Morgan fingerprint density at radius 1 is 1.12 bits per heavy atom. The molecule has 32 heavy (non-hydrogen) atoms. The first kappa shape index (κ1) is 23.8. The maximum atomic E-state index is 13.6. The highest BCUT2D eigenvalue weighted by Gasteiger charge is 2.31. The third-order valence-electron chi connectivity index (χ3n) is 4.41. The smallest absolute Gasteiger partial charge is 0.357 e. The maximum absolute atomic E-state index is 13.6. The Morgan fingerprint density at radius 3 is 2.38 bits per heavy atom. The van der Waals surface area contributed by atoms with Crippen molar-refractivity contribution in [1.29, 1.82) is 0 Å². The molecule has 0 fully saturated rings. The molecule has 0 amide bonds. The van der Waals surface area contributed by atoms with Gasteiger partial charge in [-0.2, -0.15) is 8.42 Å². The van der Waals surface area contributed by atoms with Gasteiger partial charge in [0.15, 0.2) is 5.03 Å². The Bertz CT molecular complexity index is 1150. The summed E-state index contributed by atoms with van der Waals surface area (Å²) in [5.41, 5.74) is 0.961. The summed E-state index contributed by atoms with van der Waals surface area (Å²) in [6.07, 6.45) is 3.13. The molecule has 0 saturated carbocycles. The molecule has 0 aliphatic heterocycles. The molecule has 3 rings (SSSR count). The molecule has 0 atom stereocenters. The Kier molecular flexibility index (Phi) is 7.54. The lowest BCUT2D eigenvalue weighted by Crippen LogP contribution is -2.19. The zero-order chi connectivity index (χ0) is 23.3. The lowest BCUT2D eigenvalue weighted by atomic mass is 10.1. The molecule has 1 aromatic carbocycles. The molecule has 0 spiro atoms. The van der Waals surface area contributed by atoms with Crippen LogP contribution in [0, 0.1) is 11.6 Å². The number of ether oxygens (including phenoxy) is 1. The van der Waals surface area contributed by atoms with Crippen molar-refractivity contribution >= 4 is 10.1 Å². The predicted octanol–water partition coefficient (Wildman–Crippen LogP) is 3.00. The van der Waals surface area contributed by atoms with E-state index in [9.17, 15) is 17.2 Å². The van der Waals surface area contributed by atoms with Gasteiger partial charge >= 0.3 is 10.1 Å². The monoisotopic (exact) mass is 467 g/mol. The van der Waals surface area contributed by atoms with Gasteiger partial charge in [-0.1, -0.05) is 13.8 Å². The van der Waals surface area contributed by atoms with Gasteiger partial charge in [-0.15, -0.1) is 0 Å². The number of aliphatic hydroxyl groups excluding tert-OH is 1. The maximum Gasteiger partial charge on any atom is 0.357 e. The SMILES string of the molecule is CC(C)c1nc(COCCO)n(Cc2ccncc2)c1S(=O)(=O)Oc1cc(F)cc(F)c1. The average molecular weight is 467 g/mol. The Labute approximate surface area is 184 Å². The molecule has 0 saturated heterocycles. The van der Waals surface area contributed by atoms with Crippen LogP contribution in [0.5, 0.6) is 5.75 Å². The van der Waals surface area contributed by atoms with Gasteiger partial charge in [0.05, 0.1) is 25.5 Å². The number of aliphatic hydroxyl groups is 1. The van der Waals surface area contributed by atoms with E-state index in [2.05, 4.69) is 9.97 Å². The van der Waals surface area contributed by atoms with E-state index in [-0.39, 0.29) is 43.0 Å². The van der Waals surface area contributed by atoms with E-state index in [1.54, 1.807) is 38.4 Å². The summed E-state index contributed by atoms with van der Waals surface area (Å²) in [5, 5.41) is 8.76. The van der Waals surface area contributed by atoms with E-state index >= 15 is 0 Å². The number of hydrogen-bond acceptors (Lipinski definition) is 7. The first-order chi connectivity index (χ1) is 15.2. The van der Waals surface area contributed by atoms with Gasteiger partial charge in [0.1, 0.15) is 29.8 Å². The Balaban J connectivity index is 2.11. The van der Waals surface area contributed by atoms with Crippen LogP contribution in [0.4, 0.5) is 8.78 Å². The van der Waals surface area contributed by atoms with Crippen LogP contribution in [-0.4, -0.2) is 41.3 Å². The molecule has 0 unspecified atom stereocenters. The number of pyridine rings is 1.